The zero-order chi connectivity index (χ0) is 15.6. The smallest absolute Gasteiger partial charge is 0.240 e. The first-order valence-electron chi connectivity index (χ1n) is 7.95. The molecule has 1 aliphatic carbocycles. The van der Waals surface area contributed by atoms with Crippen LogP contribution in [0.4, 0.5) is 5.82 Å². The number of hydrogen-bond donors (Lipinski definition) is 2. The van der Waals surface area contributed by atoms with E-state index in [0.29, 0.717) is 11.9 Å². The Morgan fingerprint density at radius 1 is 1.22 bits per heavy atom. The van der Waals surface area contributed by atoms with Gasteiger partial charge in [-0.05, 0) is 25.0 Å². The first-order chi connectivity index (χ1) is 11.3. The van der Waals surface area contributed by atoms with Crippen LogP contribution in [0.3, 0.4) is 0 Å². The topological polar surface area (TPSA) is 75.7 Å². The molecule has 0 aliphatic heterocycles. The largest absolute Gasteiger partial charge is 0.479 e. The number of ether oxygens (including phenoxy) is 1. The van der Waals surface area contributed by atoms with Gasteiger partial charge in [0.05, 0.1) is 7.11 Å². The average molecular weight is 309 g/mol. The van der Waals surface area contributed by atoms with E-state index in [1.165, 1.54) is 25.7 Å². The summed E-state index contributed by atoms with van der Waals surface area (Å²) >= 11 is 0. The van der Waals surface area contributed by atoms with Crippen LogP contribution >= 0.6 is 0 Å². The summed E-state index contributed by atoms with van der Waals surface area (Å²) in [6.45, 7) is 0. The quantitative estimate of drug-likeness (QED) is 0.772. The summed E-state index contributed by atoms with van der Waals surface area (Å²) in [7, 11) is 1.61. The van der Waals surface area contributed by atoms with Crippen LogP contribution in [0.5, 0.6) is 5.88 Å². The molecule has 0 unspecified atom stereocenters. The van der Waals surface area contributed by atoms with E-state index in [9.17, 15) is 0 Å². The Morgan fingerprint density at radius 3 is 2.87 bits per heavy atom. The summed E-state index contributed by atoms with van der Waals surface area (Å²) in [6, 6.07) is 4.55. The Bertz CT molecular complexity index is 823. The molecule has 0 radical (unpaired) electrons. The zero-order valence-corrected chi connectivity index (χ0v) is 13.0. The number of anilines is 1. The van der Waals surface area contributed by atoms with Crippen molar-refractivity contribution in [2.45, 2.75) is 31.7 Å². The fourth-order valence-electron chi connectivity index (χ4n) is 3.25. The van der Waals surface area contributed by atoms with Crippen LogP contribution in [0.25, 0.3) is 22.3 Å². The third kappa shape index (κ3) is 2.60. The summed E-state index contributed by atoms with van der Waals surface area (Å²) in [6.07, 6.45) is 10.2. The second kappa shape index (κ2) is 5.87. The fraction of sp³-hybridized carbons (Fsp3) is 0.353. The van der Waals surface area contributed by atoms with Crippen molar-refractivity contribution < 1.29 is 4.74 Å². The van der Waals surface area contributed by atoms with E-state index in [1.54, 1.807) is 19.5 Å². The Kier molecular flexibility index (Phi) is 3.57. The number of nitrogens with one attached hydrogen (secondary N) is 2. The van der Waals surface area contributed by atoms with E-state index >= 15 is 0 Å². The number of aromatic amines is 1. The number of nitrogens with zero attached hydrogens (tertiary/aromatic N) is 3. The van der Waals surface area contributed by atoms with Gasteiger partial charge in [-0.25, -0.2) is 15.0 Å². The molecule has 3 aromatic heterocycles. The van der Waals surface area contributed by atoms with Crippen molar-refractivity contribution in [3.8, 4) is 17.1 Å². The maximum Gasteiger partial charge on any atom is 0.240 e. The summed E-state index contributed by atoms with van der Waals surface area (Å²) in [5.41, 5.74) is 2.55. The number of methoxy groups -OCH3 is 1. The molecule has 1 saturated carbocycles. The molecule has 1 fully saturated rings. The van der Waals surface area contributed by atoms with Gasteiger partial charge in [0.15, 0.2) is 0 Å². The molecule has 6 nitrogen and oxygen atoms in total. The number of H-pyrrole nitrogens is 1. The normalized spacial score (nSPS) is 15.2. The predicted octanol–water partition coefficient (Wildman–Crippen LogP) is 3.38. The van der Waals surface area contributed by atoms with Crippen molar-refractivity contribution in [2.75, 3.05) is 12.4 Å². The van der Waals surface area contributed by atoms with Crippen LogP contribution < -0.4 is 10.1 Å². The molecule has 4 rings (SSSR count). The van der Waals surface area contributed by atoms with Gasteiger partial charge in [-0.15, -0.1) is 0 Å². The predicted molar refractivity (Wildman–Crippen MR) is 89.6 cm³/mol. The van der Waals surface area contributed by atoms with Crippen LogP contribution in [0.1, 0.15) is 25.7 Å². The highest BCUT2D eigenvalue weighted by Gasteiger charge is 2.18. The second-order valence-corrected chi connectivity index (χ2v) is 5.83. The van der Waals surface area contributed by atoms with E-state index in [1.807, 2.05) is 18.3 Å². The third-order valence-corrected chi connectivity index (χ3v) is 4.35. The first-order valence-corrected chi connectivity index (χ1v) is 7.95. The molecule has 0 atom stereocenters. The summed E-state index contributed by atoms with van der Waals surface area (Å²) in [4.78, 5) is 16.6. The van der Waals surface area contributed by atoms with Crippen molar-refractivity contribution in [2.24, 2.45) is 0 Å². The van der Waals surface area contributed by atoms with Gasteiger partial charge in [0, 0.05) is 35.6 Å². The number of hydrogen-bond acceptors (Lipinski definition) is 5. The second-order valence-electron chi connectivity index (χ2n) is 5.83. The van der Waals surface area contributed by atoms with Gasteiger partial charge in [0.25, 0.3) is 0 Å². The minimum Gasteiger partial charge on any atom is -0.479 e. The standard InChI is InChI=1S/C17H19N5O/c1-23-17-15(18-8-9-20-17)13-10-14(21-11-4-2-3-5-11)22-16-12(13)6-7-19-16/h6-11H,2-5H2,1H3,(H2,19,21,22). The van der Waals surface area contributed by atoms with Gasteiger partial charge in [0.1, 0.15) is 17.2 Å². The lowest BCUT2D eigenvalue weighted by Crippen LogP contribution is -2.15. The zero-order valence-electron chi connectivity index (χ0n) is 13.0. The van der Waals surface area contributed by atoms with Crippen LogP contribution in [-0.4, -0.2) is 33.1 Å². The number of pyridine rings is 1. The van der Waals surface area contributed by atoms with Gasteiger partial charge in [0.2, 0.25) is 5.88 Å². The fourth-order valence-corrected chi connectivity index (χ4v) is 3.25. The Morgan fingerprint density at radius 2 is 2.04 bits per heavy atom. The van der Waals surface area contributed by atoms with Crippen LogP contribution in [-0.2, 0) is 0 Å². The Hall–Kier alpha value is -2.63. The molecular weight excluding hydrogens is 290 g/mol. The highest BCUT2D eigenvalue weighted by atomic mass is 16.5. The minimum atomic E-state index is 0.506. The van der Waals surface area contributed by atoms with Gasteiger partial charge in [-0.3, -0.25) is 0 Å². The maximum absolute atomic E-state index is 5.37. The van der Waals surface area contributed by atoms with E-state index in [0.717, 1.165) is 28.1 Å². The van der Waals surface area contributed by atoms with Crippen molar-refractivity contribution in [3.05, 3.63) is 30.7 Å². The number of rotatable bonds is 4. The molecule has 3 aromatic rings. The van der Waals surface area contributed by atoms with E-state index < -0.39 is 0 Å². The Balaban J connectivity index is 1.82. The molecule has 6 heteroatoms. The van der Waals surface area contributed by atoms with Crippen molar-refractivity contribution >= 4 is 16.9 Å². The molecular formula is C17H19N5O. The number of aromatic nitrogens is 4. The minimum absolute atomic E-state index is 0.506. The summed E-state index contributed by atoms with van der Waals surface area (Å²) in [5.74, 6) is 1.39. The highest BCUT2D eigenvalue weighted by molar-refractivity contribution is 5.94. The third-order valence-electron chi connectivity index (χ3n) is 4.35. The molecule has 118 valence electrons. The van der Waals surface area contributed by atoms with E-state index in [2.05, 4.69) is 25.3 Å². The Labute approximate surface area is 134 Å². The summed E-state index contributed by atoms with van der Waals surface area (Å²) in [5, 5.41) is 4.56. The van der Waals surface area contributed by atoms with Gasteiger partial charge < -0.3 is 15.0 Å². The van der Waals surface area contributed by atoms with Crippen LogP contribution in [0, 0.1) is 0 Å². The highest BCUT2D eigenvalue weighted by Crippen LogP contribution is 2.33. The van der Waals surface area contributed by atoms with Crippen molar-refractivity contribution in [1.29, 1.82) is 0 Å². The van der Waals surface area contributed by atoms with Crippen molar-refractivity contribution in [3.63, 3.8) is 0 Å². The monoisotopic (exact) mass is 309 g/mol. The molecule has 0 amide bonds. The first kappa shape index (κ1) is 14.0. The number of fused-ring (bicyclic) bond motifs is 1. The van der Waals surface area contributed by atoms with Gasteiger partial charge in [-0.1, -0.05) is 12.8 Å². The van der Waals surface area contributed by atoms with Gasteiger partial charge >= 0.3 is 0 Å². The van der Waals surface area contributed by atoms with Crippen molar-refractivity contribution in [1.82, 2.24) is 19.9 Å². The van der Waals surface area contributed by atoms with Crippen LogP contribution in [0.15, 0.2) is 30.7 Å². The lowest BCUT2D eigenvalue weighted by Gasteiger charge is -2.14. The molecule has 3 heterocycles. The van der Waals surface area contributed by atoms with E-state index in [4.69, 9.17) is 4.74 Å². The molecule has 2 N–H and O–H groups in total. The molecule has 0 bridgehead atoms. The molecule has 0 spiro atoms. The maximum atomic E-state index is 5.37. The lowest BCUT2D eigenvalue weighted by atomic mass is 10.1. The van der Waals surface area contributed by atoms with E-state index in [-0.39, 0.29) is 0 Å². The molecule has 23 heavy (non-hydrogen) atoms. The molecule has 0 saturated heterocycles. The van der Waals surface area contributed by atoms with Gasteiger partial charge in [-0.2, -0.15) is 0 Å². The summed E-state index contributed by atoms with van der Waals surface area (Å²) < 4.78 is 5.37. The average Bonchev–Trinajstić information content (AvgIpc) is 3.25. The molecule has 0 aromatic carbocycles. The molecule has 1 aliphatic rings. The lowest BCUT2D eigenvalue weighted by molar-refractivity contribution is 0.398. The van der Waals surface area contributed by atoms with Crippen LogP contribution in [0.2, 0.25) is 0 Å². The SMILES string of the molecule is COc1nccnc1-c1cc(NC2CCCC2)nc2[nH]ccc12.